The minimum atomic E-state index is 0.452. The largest absolute Gasteiger partial charge is 0.343 e. The maximum absolute atomic E-state index is 6.17. The summed E-state index contributed by atoms with van der Waals surface area (Å²) < 4.78 is 0. The third kappa shape index (κ3) is 3.15. The predicted octanol–water partition coefficient (Wildman–Crippen LogP) is 4.06. The number of H-pyrrole nitrogens is 1. The number of pyridine rings is 1. The average molecular weight is 292 g/mol. The second-order valence-corrected chi connectivity index (χ2v) is 6.43. The van der Waals surface area contributed by atoms with Crippen molar-refractivity contribution in [3.63, 3.8) is 0 Å². The topological polar surface area (TPSA) is 54.7 Å². The Balaban J connectivity index is 1.53. The van der Waals surface area contributed by atoms with E-state index in [9.17, 15) is 0 Å². The first-order valence-corrected chi connectivity index (χ1v) is 7.98. The van der Waals surface area contributed by atoms with Gasteiger partial charge >= 0.3 is 0 Å². The minimum Gasteiger partial charge on any atom is -0.343 e. The molecule has 108 valence electrons. The highest BCUT2D eigenvalue weighted by atomic mass is 35.5. The molecule has 4 heteroatoms. The van der Waals surface area contributed by atoms with Crippen LogP contribution < -0.4 is 5.73 Å². The number of halogens is 1. The van der Waals surface area contributed by atoms with Crippen molar-refractivity contribution < 1.29 is 0 Å². The fourth-order valence-electron chi connectivity index (χ4n) is 3.24. The fraction of sp³-hybridized carbons (Fsp3) is 0.562. The SMILES string of the molecule is NC1CCC(CCCc2cc3c(Cl)ccnc3[nH]2)CC1. The number of hydrogen-bond acceptors (Lipinski definition) is 2. The fourth-order valence-corrected chi connectivity index (χ4v) is 3.44. The molecule has 1 aliphatic rings. The first-order chi connectivity index (χ1) is 9.72. The van der Waals surface area contributed by atoms with Gasteiger partial charge in [0.05, 0.1) is 5.02 Å². The number of nitrogens with two attached hydrogens (primary N) is 1. The van der Waals surface area contributed by atoms with Gasteiger partial charge in [0.25, 0.3) is 0 Å². The Kier molecular flexibility index (Phi) is 4.27. The van der Waals surface area contributed by atoms with Crippen LogP contribution in [0.4, 0.5) is 0 Å². The van der Waals surface area contributed by atoms with Gasteiger partial charge in [0, 0.05) is 23.3 Å². The van der Waals surface area contributed by atoms with Crippen molar-refractivity contribution in [2.75, 3.05) is 0 Å². The average Bonchev–Trinajstić information content (AvgIpc) is 2.85. The molecule has 0 atom stereocenters. The van der Waals surface area contributed by atoms with E-state index in [4.69, 9.17) is 17.3 Å². The molecule has 20 heavy (non-hydrogen) atoms. The van der Waals surface area contributed by atoms with Crippen LogP contribution in [-0.2, 0) is 6.42 Å². The third-order valence-corrected chi connectivity index (χ3v) is 4.81. The Labute approximate surface area is 124 Å². The van der Waals surface area contributed by atoms with Crippen molar-refractivity contribution in [3.8, 4) is 0 Å². The van der Waals surface area contributed by atoms with Crippen LogP contribution in [0.15, 0.2) is 18.3 Å². The number of rotatable bonds is 4. The Morgan fingerprint density at radius 3 is 2.85 bits per heavy atom. The number of nitrogens with zero attached hydrogens (tertiary/aromatic N) is 1. The lowest BCUT2D eigenvalue weighted by atomic mass is 9.83. The highest BCUT2D eigenvalue weighted by molar-refractivity contribution is 6.35. The molecular weight excluding hydrogens is 270 g/mol. The van der Waals surface area contributed by atoms with Crippen LogP contribution in [-0.4, -0.2) is 16.0 Å². The Morgan fingerprint density at radius 1 is 1.30 bits per heavy atom. The van der Waals surface area contributed by atoms with Gasteiger partial charge in [0.2, 0.25) is 0 Å². The second-order valence-electron chi connectivity index (χ2n) is 6.02. The Hall–Kier alpha value is -1.06. The summed E-state index contributed by atoms with van der Waals surface area (Å²) in [4.78, 5) is 7.68. The molecular formula is C16H22ClN3. The molecule has 0 unspecified atom stereocenters. The zero-order chi connectivity index (χ0) is 13.9. The number of aromatic amines is 1. The summed E-state index contributed by atoms with van der Waals surface area (Å²) >= 11 is 6.17. The third-order valence-electron chi connectivity index (χ3n) is 4.48. The van der Waals surface area contributed by atoms with Crippen LogP contribution in [0.1, 0.15) is 44.2 Å². The van der Waals surface area contributed by atoms with Crippen LogP contribution in [0.2, 0.25) is 5.02 Å². The van der Waals surface area contributed by atoms with E-state index in [0.29, 0.717) is 6.04 Å². The molecule has 1 fully saturated rings. The molecule has 3 N–H and O–H groups in total. The molecule has 0 aliphatic heterocycles. The summed E-state index contributed by atoms with van der Waals surface area (Å²) in [5.74, 6) is 0.876. The van der Waals surface area contributed by atoms with Gasteiger partial charge < -0.3 is 10.7 Å². The zero-order valence-electron chi connectivity index (χ0n) is 11.7. The molecule has 0 bridgehead atoms. The lowest BCUT2D eigenvalue weighted by Gasteiger charge is -2.25. The van der Waals surface area contributed by atoms with E-state index >= 15 is 0 Å². The zero-order valence-corrected chi connectivity index (χ0v) is 12.5. The van der Waals surface area contributed by atoms with E-state index in [0.717, 1.165) is 28.4 Å². The maximum atomic E-state index is 6.17. The lowest BCUT2D eigenvalue weighted by molar-refractivity contribution is 0.305. The van der Waals surface area contributed by atoms with Crippen molar-refractivity contribution in [1.82, 2.24) is 9.97 Å². The second kappa shape index (κ2) is 6.15. The van der Waals surface area contributed by atoms with E-state index in [-0.39, 0.29) is 0 Å². The molecule has 2 heterocycles. The van der Waals surface area contributed by atoms with Gasteiger partial charge in [-0.25, -0.2) is 4.98 Å². The molecule has 1 aliphatic carbocycles. The van der Waals surface area contributed by atoms with Crippen LogP contribution in [0.3, 0.4) is 0 Å². The van der Waals surface area contributed by atoms with Gasteiger partial charge in [-0.2, -0.15) is 0 Å². The van der Waals surface area contributed by atoms with Gasteiger partial charge in [0.15, 0.2) is 0 Å². The normalized spacial score (nSPS) is 23.3. The van der Waals surface area contributed by atoms with Crippen molar-refractivity contribution in [2.24, 2.45) is 11.7 Å². The number of fused-ring (bicyclic) bond motifs is 1. The van der Waals surface area contributed by atoms with Gasteiger partial charge in [-0.3, -0.25) is 0 Å². The summed E-state index contributed by atoms with van der Waals surface area (Å²) in [6, 6.07) is 4.43. The number of hydrogen-bond donors (Lipinski definition) is 2. The molecule has 1 saturated carbocycles. The smallest absolute Gasteiger partial charge is 0.138 e. The van der Waals surface area contributed by atoms with Crippen molar-refractivity contribution >= 4 is 22.6 Å². The van der Waals surface area contributed by atoms with E-state index in [1.807, 2.05) is 6.07 Å². The van der Waals surface area contributed by atoms with Crippen molar-refractivity contribution in [1.29, 1.82) is 0 Å². The van der Waals surface area contributed by atoms with Gasteiger partial charge in [-0.1, -0.05) is 18.0 Å². The minimum absolute atomic E-state index is 0.452. The molecule has 2 aromatic heterocycles. The molecule has 0 radical (unpaired) electrons. The van der Waals surface area contributed by atoms with E-state index in [1.54, 1.807) is 6.20 Å². The van der Waals surface area contributed by atoms with Gasteiger partial charge in [-0.05, 0) is 56.6 Å². The molecule has 0 spiro atoms. The van der Waals surface area contributed by atoms with Gasteiger partial charge in [0.1, 0.15) is 5.65 Å². The lowest BCUT2D eigenvalue weighted by Crippen LogP contribution is -2.26. The molecule has 3 nitrogen and oxygen atoms in total. The summed E-state index contributed by atoms with van der Waals surface area (Å²) in [6.45, 7) is 0. The Morgan fingerprint density at radius 2 is 2.10 bits per heavy atom. The first-order valence-electron chi connectivity index (χ1n) is 7.60. The van der Waals surface area contributed by atoms with E-state index in [2.05, 4.69) is 16.0 Å². The van der Waals surface area contributed by atoms with E-state index < -0.39 is 0 Å². The summed E-state index contributed by atoms with van der Waals surface area (Å²) in [7, 11) is 0. The molecule has 0 amide bonds. The molecule has 0 aromatic carbocycles. The highest BCUT2D eigenvalue weighted by Gasteiger charge is 2.18. The molecule has 3 rings (SSSR count). The standard InChI is InChI=1S/C16H22ClN3/c17-15-8-9-19-16-14(15)10-13(20-16)3-1-2-11-4-6-12(18)7-5-11/h8-12H,1-7,18H2,(H,19,20). The summed E-state index contributed by atoms with van der Waals surface area (Å²) in [6.07, 6.45) is 10.4. The maximum Gasteiger partial charge on any atom is 0.138 e. The van der Waals surface area contributed by atoms with Crippen LogP contribution in [0.25, 0.3) is 11.0 Å². The predicted molar refractivity (Wildman–Crippen MR) is 84.0 cm³/mol. The number of nitrogens with one attached hydrogen (secondary N) is 1. The number of aromatic nitrogens is 2. The highest BCUT2D eigenvalue weighted by Crippen LogP contribution is 2.28. The molecule has 0 saturated heterocycles. The van der Waals surface area contributed by atoms with E-state index in [1.165, 1.54) is 44.2 Å². The quantitative estimate of drug-likeness (QED) is 0.892. The molecule has 2 aromatic rings. The number of aryl methyl sites for hydroxylation is 1. The van der Waals surface area contributed by atoms with Crippen LogP contribution >= 0.6 is 11.6 Å². The first kappa shape index (κ1) is 13.9. The Bertz CT molecular complexity index is 570. The summed E-state index contributed by atoms with van der Waals surface area (Å²) in [5.41, 5.74) is 8.09. The van der Waals surface area contributed by atoms with Crippen LogP contribution in [0, 0.1) is 5.92 Å². The summed E-state index contributed by atoms with van der Waals surface area (Å²) in [5, 5.41) is 1.81. The van der Waals surface area contributed by atoms with Gasteiger partial charge in [-0.15, -0.1) is 0 Å². The van der Waals surface area contributed by atoms with Crippen molar-refractivity contribution in [3.05, 3.63) is 29.0 Å². The monoisotopic (exact) mass is 291 g/mol. The van der Waals surface area contributed by atoms with Crippen LogP contribution in [0.5, 0.6) is 0 Å². The van der Waals surface area contributed by atoms with Crippen molar-refractivity contribution in [2.45, 2.75) is 51.0 Å².